The van der Waals surface area contributed by atoms with Crippen LogP contribution in [0.4, 0.5) is 0 Å². The van der Waals surface area contributed by atoms with Crippen molar-refractivity contribution in [1.29, 1.82) is 0 Å². The van der Waals surface area contributed by atoms with Crippen LogP contribution in [0.15, 0.2) is 29.2 Å². The Bertz CT molecular complexity index is 549. The monoisotopic (exact) mass is 326 g/mol. The first-order valence-corrected chi connectivity index (χ1v) is 9.47. The largest absolute Gasteiger partial charge is 0.494 e. The zero-order valence-electron chi connectivity index (χ0n) is 13.5. The number of hydrogen-bond donors (Lipinski definition) is 0. The molecule has 124 valence electrons. The van der Waals surface area contributed by atoms with Crippen LogP contribution in [0, 0.1) is 0 Å². The maximum atomic E-state index is 12.6. The smallest absolute Gasteiger partial charge is 0.243 e. The van der Waals surface area contributed by atoms with Crippen molar-refractivity contribution >= 4 is 10.0 Å². The van der Waals surface area contributed by atoms with Gasteiger partial charge in [-0.25, -0.2) is 8.42 Å². The molecular formula is C16H26N2O3S. The van der Waals surface area contributed by atoms with Crippen molar-refractivity contribution in [3.05, 3.63) is 24.3 Å². The molecule has 2 rings (SSSR count). The second kappa shape index (κ2) is 7.94. The highest BCUT2D eigenvalue weighted by molar-refractivity contribution is 7.89. The molecule has 6 heteroatoms. The Labute approximate surface area is 133 Å². The quantitative estimate of drug-likeness (QED) is 0.771. The zero-order valence-corrected chi connectivity index (χ0v) is 14.3. The van der Waals surface area contributed by atoms with Crippen molar-refractivity contribution in [2.24, 2.45) is 0 Å². The van der Waals surface area contributed by atoms with Gasteiger partial charge < -0.3 is 9.64 Å². The molecule has 1 fully saturated rings. The second-order valence-corrected chi connectivity index (χ2v) is 7.44. The maximum Gasteiger partial charge on any atom is 0.243 e. The average molecular weight is 326 g/mol. The number of unbranched alkanes of at least 4 members (excludes halogenated alkanes) is 1. The lowest BCUT2D eigenvalue weighted by atomic mass is 10.3. The molecule has 1 aromatic carbocycles. The molecule has 0 unspecified atom stereocenters. The second-order valence-electron chi connectivity index (χ2n) is 5.50. The molecule has 1 aromatic rings. The number of nitrogens with zero attached hydrogens (tertiary/aromatic N) is 2. The predicted molar refractivity (Wildman–Crippen MR) is 87.7 cm³/mol. The fourth-order valence-electron chi connectivity index (χ4n) is 2.60. The number of hydrogen-bond acceptors (Lipinski definition) is 4. The maximum absolute atomic E-state index is 12.6. The Morgan fingerprint density at radius 2 is 1.68 bits per heavy atom. The molecule has 0 aromatic heterocycles. The summed E-state index contributed by atoms with van der Waals surface area (Å²) in [5.74, 6) is 0.700. The Morgan fingerprint density at radius 3 is 2.23 bits per heavy atom. The Hall–Kier alpha value is -1.11. The van der Waals surface area contributed by atoms with E-state index in [2.05, 4.69) is 11.8 Å². The molecule has 1 aliphatic rings. The van der Waals surface area contributed by atoms with E-state index in [1.807, 2.05) is 6.92 Å². The third-order valence-electron chi connectivity index (χ3n) is 3.93. The van der Waals surface area contributed by atoms with Crippen LogP contribution in [-0.4, -0.2) is 57.0 Å². The summed E-state index contributed by atoms with van der Waals surface area (Å²) in [4.78, 5) is 2.69. The van der Waals surface area contributed by atoms with Gasteiger partial charge in [-0.05, 0) is 44.2 Å². The van der Waals surface area contributed by atoms with E-state index in [1.165, 1.54) is 12.8 Å². The van der Waals surface area contributed by atoms with Gasteiger partial charge in [-0.2, -0.15) is 4.31 Å². The summed E-state index contributed by atoms with van der Waals surface area (Å²) >= 11 is 0. The molecule has 22 heavy (non-hydrogen) atoms. The molecule has 0 aliphatic carbocycles. The molecule has 1 saturated heterocycles. The van der Waals surface area contributed by atoms with Crippen LogP contribution >= 0.6 is 0 Å². The van der Waals surface area contributed by atoms with Gasteiger partial charge in [0.05, 0.1) is 11.5 Å². The lowest BCUT2D eigenvalue weighted by Crippen LogP contribution is -2.48. The van der Waals surface area contributed by atoms with E-state index in [1.54, 1.807) is 28.6 Å². The zero-order chi connectivity index (χ0) is 16.0. The molecule has 1 heterocycles. The summed E-state index contributed by atoms with van der Waals surface area (Å²) in [7, 11) is -3.39. The lowest BCUT2D eigenvalue weighted by Gasteiger charge is -2.33. The molecule has 0 atom stereocenters. The topological polar surface area (TPSA) is 49.9 Å². The van der Waals surface area contributed by atoms with E-state index < -0.39 is 10.0 Å². The molecule has 0 N–H and O–H groups in total. The SMILES string of the molecule is CCCCN1CCN(S(=O)(=O)c2ccc(OCC)cc2)CC1. The molecule has 0 bridgehead atoms. The first kappa shape index (κ1) is 17.2. The van der Waals surface area contributed by atoms with Crippen molar-refractivity contribution in [1.82, 2.24) is 9.21 Å². The summed E-state index contributed by atoms with van der Waals surface area (Å²) in [6.45, 7) is 8.49. The minimum absolute atomic E-state index is 0.345. The van der Waals surface area contributed by atoms with Gasteiger partial charge in [0.15, 0.2) is 0 Å². The van der Waals surface area contributed by atoms with Crippen molar-refractivity contribution in [2.75, 3.05) is 39.3 Å². The molecule has 0 spiro atoms. The highest BCUT2D eigenvalue weighted by Gasteiger charge is 2.28. The summed E-state index contributed by atoms with van der Waals surface area (Å²) in [6, 6.07) is 6.69. The Morgan fingerprint density at radius 1 is 1.05 bits per heavy atom. The van der Waals surface area contributed by atoms with Crippen LogP contribution in [0.5, 0.6) is 5.75 Å². The van der Waals surface area contributed by atoms with Gasteiger partial charge in [-0.15, -0.1) is 0 Å². The van der Waals surface area contributed by atoms with Gasteiger partial charge >= 0.3 is 0 Å². The molecule has 0 amide bonds. The van der Waals surface area contributed by atoms with Crippen molar-refractivity contribution in [3.63, 3.8) is 0 Å². The van der Waals surface area contributed by atoms with E-state index >= 15 is 0 Å². The third-order valence-corrected chi connectivity index (χ3v) is 5.84. The van der Waals surface area contributed by atoms with Gasteiger partial charge in [-0.1, -0.05) is 13.3 Å². The number of rotatable bonds is 7. The van der Waals surface area contributed by atoms with E-state index in [9.17, 15) is 8.42 Å². The highest BCUT2D eigenvalue weighted by atomic mass is 32.2. The van der Waals surface area contributed by atoms with Gasteiger partial charge in [0, 0.05) is 26.2 Å². The van der Waals surface area contributed by atoms with E-state index in [0.717, 1.165) is 19.6 Å². The van der Waals surface area contributed by atoms with Gasteiger partial charge in [0.25, 0.3) is 0 Å². The summed E-state index contributed by atoms with van der Waals surface area (Å²) in [5.41, 5.74) is 0. The average Bonchev–Trinajstić information content (AvgIpc) is 2.54. The van der Waals surface area contributed by atoms with Crippen LogP contribution in [0.25, 0.3) is 0 Å². The van der Waals surface area contributed by atoms with Crippen LogP contribution < -0.4 is 4.74 Å². The van der Waals surface area contributed by atoms with Crippen molar-refractivity contribution in [2.45, 2.75) is 31.6 Å². The lowest BCUT2D eigenvalue weighted by molar-refractivity contribution is 0.186. The minimum Gasteiger partial charge on any atom is -0.494 e. The minimum atomic E-state index is -3.39. The van der Waals surface area contributed by atoms with Crippen LogP contribution in [0.1, 0.15) is 26.7 Å². The molecule has 0 radical (unpaired) electrons. The highest BCUT2D eigenvalue weighted by Crippen LogP contribution is 2.21. The summed E-state index contributed by atoms with van der Waals surface area (Å²) in [6.07, 6.45) is 2.34. The van der Waals surface area contributed by atoms with Crippen molar-refractivity contribution < 1.29 is 13.2 Å². The van der Waals surface area contributed by atoms with E-state index in [4.69, 9.17) is 4.74 Å². The number of ether oxygens (including phenoxy) is 1. The van der Waals surface area contributed by atoms with E-state index in [0.29, 0.717) is 30.3 Å². The first-order chi connectivity index (χ1) is 10.6. The first-order valence-electron chi connectivity index (χ1n) is 8.03. The standard InChI is InChI=1S/C16H26N2O3S/c1-3-5-10-17-11-13-18(14-12-17)22(19,20)16-8-6-15(7-9-16)21-4-2/h6-9H,3-5,10-14H2,1-2H3. The van der Waals surface area contributed by atoms with Crippen LogP contribution in [0.3, 0.4) is 0 Å². The fraction of sp³-hybridized carbons (Fsp3) is 0.625. The van der Waals surface area contributed by atoms with Gasteiger partial charge in [0.2, 0.25) is 10.0 Å². The molecule has 1 aliphatic heterocycles. The number of piperazine rings is 1. The van der Waals surface area contributed by atoms with Crippen LogP contribution in [-0.2, 0) is 10.0 Å². The Balaban J connectivity index is 1.99. The summed E-state index contributed by atoms with van der Waals surface area (Å²) < 4.78 is 32.2. The Kier molecular flexibility index (Phi) is 6.23. The predicted octanol–water partition coefficient (Wildman–Crippen LogP) is 2.19. The third kappa shape index (κ3) is 4.21. The number of sulfonamides is 1. The van der Waals surface area contributed by atoms with Crippen LogP contribution in [0.2, 0.25) is 0 Å². The molecular weight excluding hydrogens is 300 g/mol. The normalized spacial score (nSPS) is 17.5. The van der Waals surface area contributed by atoms with E-state index in [-0.39, 0.29) is 0 Å². The van der Waals surface area contributed by atoms with Crippen molar-refractivity contribution in [3.8, 4) is 5.75 Å². The summed E-state index contributed by atoms with van der Waals surface area (Å²) in [5, 5.41) is 0. The number of benzene rings is 1. The molecule has 0 saturated carbocycles. The fourth-order valence-corrected chi connectivity index (χ4v) is 4.02. The van der Waals surface area contributed by atoms with Gasteiger partial charge in [-0.3, -0.25) is 0 Å². The molecule has 5 nitrogen and oxygen atoms in total. The van der Waals surface area contributed by atoms with Gasteiger partial charge in [0.1, 0.15) is 5.75 Å².